The normalized spacial score (nSPS) is 20.4. The molecule has 1 heterocycles. The van der Waals surface area contributed by atoms with Crippen molar-refractivity contribution >= 4 is 0 Å². The standard InChI is InChI=1S/C18H21NO/c1-14-11-19(12-16-9-5-6-10-17(14)16)18(13-20)15-7-3-2-4-8-15/h2-10,14,18,20H,11-13H2,1H3/t14-,18-/m0/s1. The van der Waals surface area contributed by atoms with Gasteiger partial charge < -0.3 is 5.11 Å². The number of nitrogens with zero attached hydrogens (tertiary/aromatic N) is 1. The largest absolute Gasteiger partial charge is 0.394 e. The summed E-state index contributed by atoms with van der Waals surface area (Å²) in [6, 6.07) is 19.1. The molecule has 1 aliphatic rings. The van der Waals surface area contributed by atoms with Crippen LogP contribution in [0.15, 0.2) is 54.6 Å². The van der Waals surface area contributed by atoms with Gasteiger partial charge in [-0.3, -0.25) is 4.90 Å². The SMILES string of the molecule is C[C@H]1CN([C@@H](CO)c2ccccc2)Cc2ccccc21. The average Bonchev–Trinajstić information content (AvgIpc) is 2.49. The maximum absolute atomic E-state index is 9.82. The van der Waals surface area contributed by atoms with Crippen LogP contribution in [0.2, 0.25) is 0 Å². The van der Waals surface area contributed by atoms with E-state index in [9.17, 15) is 5.11 Å². The van der Waals surface area contributed by atoms with Crippen LogP contribution in [0.5, 0.6) is 0 Å². The summed E-state index contributed by atoms with van der Waals surface area (Å²) < 4.78 is 0. The number of aliphatic hydroxyl groups excluding tert-OH is 1. The van der Waals surface area contributed by atoms with Gasteiger partial charge in [-0.15, -0.1) is 0 Å². The third kappa shape index (κ3) is 2.49. The first kappa shape index (κ1) is 13.3. The van der Waals surface area contributed by atoms with E-state index in [0.717, 1.165) is 13.1 Å². The molecule has 0 saturated carbocycles. The molecule has 0 spiro atoms. The van der Waals surface area contributed by atoms with Gasteiger partial charge in [0, 0.05) is 13.1 Å². The maximum Gasteiger partial charge on any atom is 0.0628 e. The molecule has 20 heavy (non-hydrogen) atoms. The van der Waals surface area contributed by atoms with E-state index in [2.05, 4.69) is 48.2 Å². The Balaban J connectivity index is 1.88. The second-order valence-electron chi connectivity index (χ2n) is 5.64. The molecule has 2 aromatic rings. The van der Waals surface area contributed by atoms with E-state index in [-0.39, 0.29) is 12.6 Å². The van der Waals surface area contributed by atoms with Gasteiger partial charge in [-0.05, 0) is 22.6 Å². The van der Waals surface area contributed by atoms with Crippen LogP contribution < -0.4 is 0 Å². The Kier molecular flexibility index (Phi) is 3.86. The van der Waals surface area contributed by atoms with Gasteiger partial charge in [0.2, 0.25) is 0 Å². The fourth-order valence-corrected chi connectivity index (χ4v) is 3.24. The summed E-state index contributed by atoms with van der Waals surface area (Å²) in [6.07, 6.45) is 0. The van der Waals surface area contributed by atoms with E-state index < -0.39 is 0 Å². The second kappa shape index (κ2) is 5.78. The van der Waals surface area contributed by atoms with E-state index in [1.54, 1.807) is 0 Å². The second-order valence-corrected chi connectivity index (χ2v) is 5.64. The topological polar surface area (TPSA) is 23.5 Å². The molecule has 1 N–H and O–H groups in total. The predicted molar refractivity (Wildman–Crippen MR) is 81.5 cm³/mol. The number of aliphatic hydroxyl groups is 1. The fourth-order valence-electron chi connectivity index (χ4n) is 3.24. The Morgan fingerprint density at radius 3 is 2.55 bits per heavy atom. The lowest BCUT2D eigenvalue weighted by Crippen LogP contribution is -2.37. The average molecular weight is 267 g/mol. The Labute approximate surface area is 120 Å². The zero-order valence-corrected chi connectivity index (χ0v) is 11.9. The molecule has 3 rings (SSSR count). The molecular formula is C18H21NO. The molecule has 0 amide bonds. The highest BCUT2D eigenvalue weighted by Gasteiger charge is 2.27. The monoisotopic (exact) mass is 267 g/mol. The lowest BCUT2D eigenvalue weighted by atomic mass is 9.89. The van der Waals surface area contributed by atoms with Gasteiger partial charge in [-0.25, -0.2) is 0 Å². The smallest absolute Gasteiger partial charge is 0.0628 e. The van der Waals surface area contributed by atoms with Gasteiger partial charge in [0.25, 0.3) is 0 Å². The van der Waals surface area contributed by atoms with Crippen molar-refractivity contribution in [3.8, 4) is 0 Å². The van der Waals surface area contributed by atoms with Crippen LogP contribution in [0.4, 0.5) is 0 Å². The minimum atomic E-state index is 0.0898. The first-order valence-corrected chi connectivity index (χ1v) is 7.27. The summed E-state index contributed by atoms with van der Waals surface area (Å²) >= 11 is 0. The Hall–Kier alpha value is -1.64. The molecule has 0 aliphatic carbocycles. The van der Waals surface area contributed by atoms with Crippen LogP contribution in [0.3, 0.4) is 0 Å². The highest BCUT2D eigenvalue weighted by Crippen LogP contribution is 2.33. The highest BCUT2D eigenvalue weighted by molar-refractivity contribution is 5.33. The summed E-state index contributed by atoms with van der Waals surface area (Å²) in [5.74, 6) is 0.512. The van der Waals surface area contributed by atoms with Crippen molar-refractivity contribution in [3.63, 3.8) is 0 Å². The summed E-state index contributed by atoms with van der Waals surface area (Å²) in [7, 11) is 0. The van der Waals surface area contributed by atoms with Gasteiger partial charge in [-0.1, -0.05) is 61.5 Å². The first-order valence-electron chi connectivity index (χ1n) is 7.27. The van der Waals surface area contributed by atoms with E-state index in [4.69, 9.17) is 0 Å². The molecule has 0 bridgehead atoms. The molecule has 104 valence electrons. The Morgan fingerprint density at radius 2 is 1.80 bits per heavy atom. The van der Waals surface area contributed by atoms with Crippen LogP contribution in [0, 0.1) is 0 Å². The molecule has 2 aromatic carbocycles. The van der Waals surface area contributed by atoms with Crippen LogP contribution in [0.1, 0.15) is 35.6 Å². The van der Waals surface area contributed by atoms with Gasteiger partial charge in [0.15, 0.2) is 0 Å². The molecule has 2 atom stereocenters. The summed E-state index contributed by atoms with van der Waals surface area (Å²) in [4.78, 5) is 2.39. The third-order valence-electron chi connectivity index (χ3n) is 4.27. The van der Waals surface area contributed by atoms with Crippen molar-refractivity contribution in [3.05, 3.63) is 71.3 Å². The predicted octanol–water partition coefficient (Wildman–Crippen LogP) is 3.34. The first-order chi connectivity index (χ1) is 9.79. The molecule has 0 aromatic heterocycles. The summed E-state index contributed by atoms with van der Waals surface area (Å²) in [5.41, 5.74) is 4.04. The van der Waals surface area contributed by atoms with E-state index >= 15 is 0 Å². The highest BCUT2D eigenvalue weighted by atomic mass is 16.3. The Bertz CT molecular complexity index is 567. The van der Waals surface area contributed by atoms with Crippen molar-refractivity contribution in [1.29, 1.82) is 0 Å². The molecule has 1 aliphatic heterocycles. The van der Waals surface area contributed by atoms with Crippen LogP contribution in [0.25, 0.3) is 0 Å². The quantitative estimate of drug-likeness (QED) is 0.922. The number of benzene rings is 2. The number of hydrogen-bond acceptors (Lipinski definition) is 2. The maximum atomic E-state index is 9.82. The molecule has 2 nitrogen and oxygen atoms in total. The summed E-state index contributed by atoms with van der Waals surface area (Å²) in [6.45, 7) is 4.35. The van der Waals surface area contributed by atoms with Crippen LogP contribution in [-0.4, -0.2) is 23.2 Å². The molecule has 0 fully saturated rings. The lowest BCUT2D eigenvalue weighted by molar-refractivity contribution is 0.104. The van der Waals surface area contributed by atoms with Crippen molar-refractivity contribution in [2.45, 2.75) is 25.4 Å². The van der Waals surface area contributed by atoms with Crippen LogP contribution in [-0.2, 0) is 6.54 Å². The zero-order valence-electron chi connectivity index (χ0n) is 11.9. The zero-order chi connectivity index (χ0) is 13.9. The van der Waals surface area contributed by atoms with E-state index in [1.165, 1.54) is 16.7 Å². The minimum Gasteiger partial charge on any atom is -0.394 e. The molecule has 2 heteroatoms. The molecule has 0 unspecified atom stereocenters. The fraction of sp³-hybridized carbons (Fsp3) is 0.333. The number of rotatable bonds is 3. The van der Waals surface area contributed by atoms with E-state index in [1.807, 2.05) is 18.2 Å². The minimum absolute atomic E-state index is 0.0898. The number of hydrogen-bond donors (Lipinski definition) is 1. The molecule has 0 saturated heterocycles. The van der Waals surface area contributed by atoms with Gasteiger partial charge in [0.1, 0.15) is 0 Å². The molecule has 0 radical (unpaired) electrons. The Morgan fingerprint density at radius 1 is 1.10 bits per heavy atom. The van der Waals surface area contributed by atoms with Crippen LogP contribution >= 0.6 is 0 Å². The summed E-state index contributed by atoms with van der Waals surface area (Å²) in [5, 5.41) is 9.82. The van der Waals surface area contributed by atoms with Crippen molar-refractivity contribution in [2.75, 3.05) is 13.2 Å². The number of fused-ring (bicyclic) bond motifs is 1. The van der Waals surface area contributed by atoms with E-state index in [0.29, 0.717) is 5.92 Å². The van der Waals surface area contributed by atoms with Crippen molar-refractivity contribution in [2.24, 2.45) is 0 Å². The van der Waals surface area contributed by atoms with Gasteiger partial charge in [-0.2, -0.15) is 0 Å². The van der Waals surface area contributed by atoms with Gasteiger partial charge in [0.05, 0.1) is 12.6 Å². The lowest BCUT2D eigenvalue weighted by Gasteiger charge is -2.38. The van der Waals surface area contributed by atoms with Gasteiger partial charge >= 0.3 is 0 Å². The van der Waals surface area contributed by atoms with Crippen molar-refractivity contribution < 1.29 is 5.11 Å². The third-order valence-corrected chi connectivity index (χ3v) is 4.27. The van der Waals surface area contributed by atoms with Crippen molar-refractivity contribution in [1.82, 2.24) is 4.90 Å². The molecular weight excluding hydrogens is 246 g/mol.